The van der Waals surface area contributed by atoms with Crippen LogP contribution in [-0.2, 0) is 20.9 Å². The fourth-order valence-corrected chi connectivity index (χ4v) is 2.89. The molecule has 7 nitrogen and oxygen atoms in total. The van der Waals surface area contributed by atoms with E-state index in [0.29, 0.717) is 23.9 Å². The molecule has 0 aliphatic carbocycles. The van der Waals surface area contributed by atoms with Crippen molar-refractivity contribution >= 4 is 29.1 Å². The summed E-state index contributed by atoms with van der Waals surface area (Å²) in [5.41, 5.74) is 0.358. The summed E-state index contributed by atoms with van der Waals surface area (Å²) in [4.78, 5) is 41.7. The van der Waals surface area contributed by atoms with Crippen LogP contribution in [0.2, 0.25) is 0 Å². The molecule has 0 aromatic carbocycles. The summed E-state index contributed by atoms with van der Waals surface area (Å²) >= 11 is 1.34. The minimum atomic E-state index is -0.374. The van der Waals surface area contributed by atoms with Crippen molar-refractivity contribution < 1.29 is 19.1 Å². The first-order valence-electron chi connectivity index (χ1n) is 8.44. The monoisotopic (exact) mass is 369 g/mol. The van der Waals surface area contributed by atoms with Crippen LogP contribution in [0.15, 0.2) is 5.38 Å². The van der Waals surface area contributed by atoms with Gasteiger partial charge in [-0.1, -0.05) is 0 Å². The number of hydrogen-bond acceptors (Lipinski definition) is 6. The second-order valence-electron chi connectivity index (χ2n) is 6.18. The minimum absolute atomic E-state index is 0.0356. The Morgan fingerprint density at radius 1 is 1.24 bits per heavy atom. The first kappa shape index (κ1) is 21.1. The first-order chi connectivity index (χ1) is 11.7. The number of hydrogen-bond donors (Lipinski definition) is 1. The molecule has 0 saturated heterocycles. The third-order valence-corrected chi connectivity index (χ3v) is 4.14. The molecule has 2 amide bonds. The molecule has 0 aliphatic rings. The number of carbonyl (C=O) groups excluding carboxylic acids is 3. The molecule has 1 heterocycles. The van der Waals surface area contributed by atoms with Crippen LogP contribution in [0.1, 0.15) is 63.0 Å². The van der Waals surface area contributed by atoms with Crippen molar-refractivity contribution in [2.75, 3.05) is 6.61 Å². The van der Waals surface area contributed by atoms with Gasteiger partial charge in [0.2, 0.25) is 5.91 Å². The van der Waals surface area contributed by atoms with Gasteiger partial charge in [-0.2, -0.15) is 0 Å². The summed E-state index contributed by atoms with van der Waals surface area (Å²) in [7, 11) is 0. The molecule has 0 atom stereocenters. The van der Waals surface area contributed by atoms with E-state index in [1.54, 1.807) is 17.2 Å². The van der Waals surface area contributed by atoms with E-state index in [1.165, 1.54) is 11.3 Å². The number of nitrogens with one attached hydrogen (secondary N) is 1. The summed E-state index contributed by atoms with van der Waals surface area (Å²) in [6.45, 7) is 9.93. The molecule has 25 heavy (non-hydrogen) atoms. The molecular weight excluding hydrogens is 342 g/mol. The molecule has 1 aromatic heterocycles. The van der Waals surface area contributed by atoms with Crippen LogP contribution in [0.4, 0.5) is 0 Å². The Balaban J connectivity index is 2.69. The van der Waals surface area contributed by atoms with Crippen molar-refractivity contribution in [3.8, 4) is 0 Å². The van der Waals surface area contributed by atoms with Gasteiger partial charge in [0.1, 0.15) is 10.7 Å². The minimum Gasteiger partial charge on any atom is -0.466 e. The lowest BCUT2D eigenvalue weighted by atomic mass is 10.2. The van der Waals surface area contributed by atoms with E-state index in [9.17, 15) is 14.4 Å². The smallest absolute Gasteiger partial charge is 0.306 e. The molecule has 1 rings (SSSR count). The SMILES string of the molecule is CCOC(=O)CCC(=O)N(Cc1nc(C(=O)NC(C)C)cs1)C(C)C. The zero-order valence-electron chi connectivity index (χ0n) is 15.5. The third kappa shape index (κ3) is 7.21. The topological polar surface area (TPSA) is 88.6 Å². The van der Waals surface area contributed by atoms with E-state index >= 15 is 0 Å². The molecule has 0 radical (unpaired) electrons. The maximum atomic E-state index is 12.4. The second-order valence-corrected chi connectivity index (χ2v) is 7.12. The lowest BCUT2D eigenvalue weighted by Gasteiger charge is -2.25. The highest BCUT2D eigenvalue weighted by molar-refractivity contribution is 7.09. The quantitative estimate of drug-likeness (QED) is 0.675. The van der Waals surface area contributed by atoms with Gasteiger partial charge in [0.25, 0.3) is 5.91 Å². The van der Waals surface area contributed by atoms with Gasteiger partial charge in [-0.25, -0.2) is 4.98 Å². The predicted octanol–water partition coefficient (Wildman–Crippen LogP) is 2.36. The Labute approximate surface area is 152 Å². The van der Waals surface area contributed by atoms with Crippen molar-refractivity contribution in [1.82, 2.24) is 15.2 Å². The van der Waals surface area contributed by atoms with Crippen LogP contribution in [-0.4, -0.2) is 46.4 Å². The highest BCUT2D eigenvalue weighted by Gasteiger charge is 2.21. The molecule has 0 unspecified atom stereocenters. The normalized spacial score (nSPS) is 10.8. The van der Waals surface area contributed by atoms with Gasteiger partial charge < -0.3 is 15.0 Å². The van der Waals surface area contributed by atoms with Gasteiger partial charge in [0.05, 0.1) is 19.6 Å². The number of rotatable bonds is 9. The van der Waals surface area contributed by atoms with Crippen LogP contribution >= 0.6 is 11.3 Å². The zero-order chi connectivity index (χ0) is 19.0. The van der Waals surface area contributed by atoms with E-state index in [0.717, 1.165) is 0 Å². The molecule has 0 saturated carbocycles. The number of ether oxygens (including phenoxy) is 1. The molecule has 0 fully saturated rings. The fourth-order valence-electron chi connectivity index (χ4n) is 2.11. The average molecular weight is 369 g/mol. The molecule has 0 aliphatic heterocycles. The van der Waals surface area contributed by atoms with Crippen LogP contribution in [0.5, 0.6) is 0 Å². The largest absolute Gasteiger partial charge is 0.466 e. The third-order valence-electron chi connectivity index (χ3n) is 3.30. The Bertz CT molecular complexity index is 598. The van der Waals surface area contributed by atoms with Crippen molar-refractivity contribution in [3.63, 3.8) is 0 Å². The first-order valence-corrected chi connectivity index (χ1v) is 9.32. The standard InChI is InChI=1S/C17H27N3O4S/c1-6-24-16(22)8-7-15(21)20(12(4)5)9-14-19-13(10-25-14)17(23)18-11(2)3/h10-12H,6-9H2,1-5H3,(H,18,23). The summed E-state index contributed by atoms with van der Waals surface area (Å²) < 4.78 is 4.85. The van der Waals surface area contributed by atoms with E-state index in [1.807, 2.05) is 27.7 Å². The lowest BCUT2D eigenvalue weighted by Crippen LogP contribution is -2.36. The fraction of sp³-hybridized carbons (Fsp3) is 0.647. The van der Waals surface area contributed by atoms with E-state index < -0.39 is 0 Å². The highest BCUT2D eigenvalue weighted by Crippen LogP contribution is 2.16. The summed E-state index contributed by atoms with van der Waals surface area (Å²) in [5.74, 6) is -0.727. The Morgan fingerprint density at radius 2 is 1.92 bits per heavy atom. The summed E-state index contributed by atoms with van der Waals surface area (Å²) in [6, 6.07) is 0.000744. The maximum absolute atomic E-state index is 12.4. The highest BCUT2D eigenvalue weighted by atomic mass is 32.1. The van der Waals surface area contributed by atoms with Gasteiger partial charge in [-0.3, -0.25) is 14.4 Å². The maximum Gasteiger partial charge on any atom is 0.306 e. The number of amides is 2. The van der Waals surface area contributed by atoms with Gasteiger partial charge in [0.15, 0.2) is 0 Å². The Morgan fingerprint density at radius 3 is 2.48 bits per heavy atom. The van der Waals surface area contributed by atoms with E-state index in [4.69, 9.17) is 4.74 Å². The number of aromatic nitrogens is 1. The molecule has 1 aromatic rings. The average Bonchev–Trinajstić information content (AvgIpc) is 2.98. The number of thiazole rings is 1. The number of esters is 1. The Kier molecular flexibility index (Phi) is 8.54. The predicted molar refractivity (Wildman–Crippen MR) is 96.3 cm³/mol. The van der Waals surface area contributed by atoms with Crippen molar-refractivity contribution in [1.29, 1.82) is 0 Å². The number of carbonyl (C=O) groups is 3. The van der Waals surface area contributed by atoms with Crippen LogP contribution < -0.4 is 5.32 Å². The van der Waals surface area contributed by atoms with Crippen LogP contribution in [0.25, 0.3) is 0 Å². The van der Waals surface area contributed by atoms with E-state index in [-0.39, 0.29) is 42.7 Å². The van der Waals surface area contributed by atoms with Crippen molar-refractivity contribution in [2.45, 2.75) is 66.1 Å². The van der Waals surface area contributed by atoms with Crippen LogP contribution in [0, 0.1) is 0 Å². The Hall–Kier alpha value is -1.96. The van der Waals surface area contributed by atoms with Crippen molar-refractivity contribution in [3.05, 3.63) is 16.1 Å². The number of nitrogens with zero attached hydrogens (tertiary/aromatic N) is 2. The van der Waals surface area contributed by atoms with E-state index in [2.05, 4.69) is 10.3 Å². The second kappa shape index (κ2) is 10.1. The summed E-state index contributed by atoms with van der Waals surface area (Å²) in [5, 5.41) is 5.17. The molecule has 1 N–H and O–H groups in total. The molecule has 0 spiro atoms. The molecular formula is C17H27N3O4S. The van der Waals surface area contributed by atoms with Gasteiger partial charge in [-0.15, -0.1) is 11.3 Å². The van der Waals surface area contributed by atoms with Crippen molar-refractivity contribution in [2.24, 2.45) is 0 Å². The zero-order valence-corrected chi connectivity index (χ0v) is 16.3. The van der Waals surface area contributed by atoms with Gasteiger partial charge in [-0.05, 0) is 34.6 Å². The molecule has 140 valence electrons. The lowest BCUT2D eigenvalue weighted by molar-refractivity contribution is -0.146. The summed E-state index contributed by atoms with van der Waals surface area (Å²) in [6.07, 6.45) is 0.166. The molecule has 8 heteroatoms. The van der Waals surface area contributed by atoms with Gasteiger partial charge in [0, 0.05) is 23.9 Å². The van der Waals surface area contributed by atoms with Crippen LogP contribution in [0.3, 0.4) is 0 Å². The van der Waals surface area contributed by atoms with Gasteiger partial charge >= 0.3 is 5.97 Å². The molecule has 0 bridgehead atoms.